The fourth-order valence-corrected chi connectivity index (χ4v) is 2.64. The molecule has 2 aromatic carbocycles. The summed E-state index contributed by atoms with van der Waals surface area (Å²) in [7, 11) is 4.41. The summed E-state index contributed by atoms with van der Waals surface area (Å²) < 4.78 is 20.7. The third-order valence-electron chi connectivity index (χ3n) is 3.90. The molecule has 0 N–H and O–H groups in total. The van der Waals surface area contributed by atoms with E-state index in [1.165, 1.54) is 45.6 Å². The van der Waals surface area contributed by atoms with E-state index in [2.05, 4.69) is 5.16 Å². The number of ether oxygens (including phenoxy) is 3. The SMILES string of the molecule is COc1cc(-c2no[n+]([O-])c2-c2ccc([N+](=O)[O-])cc2)cc(OC)c1OC. The Balaban J connectivity index is 2.16. The number of hydrogen-bond donors (Lipinski definition) is 0. The van der Waals surface area contributed by atoms with E-state index in [4.69, 9.17) is 18.8 Å². The summed E-state index contributed by atoms with van der Waals surface area (Å²) in [4.78, 5) is 10.5. The molecule has 0 saturated heterocycles. The molecule has 0 bridgehead atoms. The molecule has 0 spiro atoms. The Morgan fingerprint density at radius 1 is 1.00 bits per heavy atom. The molecular formula is C17H15N3O7. The molecule has 27 heavy (non-hydrogen) atoms. The first kappa shape index (κ1) is 18.0. The van der Waals surface area contributed by atoms with Crippen LogP contribution in [0.25, 0.3) is 22.5 Å². The summed E-state index contributed by atoms with van der Waals surface area (Å²) >= 11 is 0. The van der Waals surface area contributed by atoms with Crippen molar-refractivity contribution in [2.75, 3.05) is 21.3 Å². The fraction of sp³-hybridized carbons (Fsp3) is 0.176. The highest BCUT2D eigenvalue weighted by atomic mass is 16.8. The minimum absolute atomic E-state index is 0.0954. The Labute approximate surface area is 153 Å². The Bertz CT molecular complexity index is 958. The van der Waals surface area contributed by atoms with Crippen LogP contribution in [0, 0.1) is 15.3 Å². The summed E-state index contributed by atoms with van der Waals surface area (Å²) in [6.07, 6.45) is 0. The molecule has 3 aromatic rings. The summed E-state index contributed by atoms with van der Waals surface area (Å²) in [6, 6.07) is 8.71. The molecule has 0 aliphatic rings. The van der Waals surface area contributed by atoms with Gasteiger partial charge in [0.25, 0.3) is 11.4 Å². The quantitative estimate of drug-likeness (QED) is 0.367. The van der Waals surface area contributed by atoms with Crippen LogP contribution >= 0.6 is 0 Å². The van der Waals surface area contributed by atoms with Gasteiger partial charge >= 0.3 is 0 Å². The highest BCUT2D eigenvalue weighted by molar-refractivity contribution is 5.78. The monoisotopic (exact) mass is 373 g/mol. The smallest absolute Gasteiger partial charge is 0.269 e. The molecule has 0 aliphatic carbocycles. The zero-order valence-corrected chi connectivity index (χ0v) is 14.7. The number of nitro groups is 1. The van der Waals surface area contributed by atoms with Crippen LogP contribution in [-0.4, -0.2) is 31.4 Å². The van der Waals surface area contributed by atoms with Crippen LogP contribution in [0.3, 0.4) is 0 Å². The van der Waals surface area contributed by atoms with Crippen LogP contribution in [0.1, 0.15) is 0 Å². The van der Waals surface area contributed by atoms with Gasteiger partial charge in [-0.05, 0) is 29.2 Å². The Morgan fingerprint density at radius 2 is 1.59 bits per heavy atom. The largest absolute Gasteiger partial charge is 0.493 e. The van der Waals surface area contributed by atoms with Crippen molar-refractivity contribution in [3.05, 3.63) is 51.7 Å². The first-order chi connectivity index (χ1) is 13.0. The third-order valence-corrected chi connectivity index (χ3v) is 3.90. The van der Waals surface area contributed by atoms with Crippen LogP contribution in [0.15, 0.2) is 41.0 Å². The van der Waals surface area contributed by atoms with E-state index in [1.54, 1.807) is 12.1 Å². The van der Waals surface area contributed by atoms with Crippen molar-refractivity contribution in [2.24, 2.45) is 0 Å². The van der Waals surface area contributed by atoms with E-state index in [0.717, 1.165) is 0 Å². The van der Waals surface area contributed by atoms with Gasteiger partial charge in [0.15, 0.2) is 11.5 Å². The van der Waals surface area contributed by atoms with Gasteiger partial charge in [0, 0.05) is 28.4 Å². The number of aromatic nitrogens is 2. The maximum absolute atomic E-state index is 12.1. The molecule has 0 amide bonds. The predicted molar refractivity (Wildman–Crippen MR) is 92.6 cm³/mol. The molecule has 0 radical (unpaired) electrons. The molecule has 140 valence electrons. The van der Waals surface area contributed by atoms with E-state index in [1.807, 2.05) is 0 Å². The van der Waals surface area contributed by atoms with E-state index in [9.17, 15) is 15.3 Å². The first-order valence-electron chi connectivity index (χ1n) is 7.65. The maximum atomic E-state index is 12.1. The second-order valence-electron chi connectivity index (χ2n) is 5.35. The van der Waals surface area contributed by atoms with Crippen molar-refractivity contribution in [1.82, 2.24) is 5.16 Å². The van der Waals surface area contributed by atoms with E-state index >= 15 is 0 Å². The van der Waals surface area contributed by atoms with E-state index < -0.39 is 4.92 Å². The molecule has 0 fully saturated rings. The number of methoxy groups -OCH3 is 3. The van der Waals surface area contributed by atoms with Crippen LogP contribution < -0.4 is 19.1 Å². The van der Waals surface area contributed by atoms with Crippen molar-refractivity contribution in [2.45, 2.75) is 0 Å². The Hall–Kier alpha value is -3.82. The lowest BCUT2D eigenvalue weighted by atomic mass is 10.0. The maximum Gasteiger partial charge on any atom is 0.269 e. The van der Waals surface area contributed by atoms with Crippen LogP contribution in [-0.2, 0) is 0 Å². The zero-order chi connectivity index (χ0) is 19.6. The molecule has 1 aromatic heterocycles. The standard InChI is InChI=1S/C17H15N3O7/c1-24-13-8-11(9-14(25-2)17(13)26-3)15-16(20(23)27-18-15)10-4-6-12(7-5-10)19(21)22/h4-9H,1-3H3. The highest BCUT2D eigenvalue weighted by Crippen LogP contribution is 2.42. The highest BCUT2D eigenvalue weighted by Gasteiger charge is 2.26. The van der Waals surface area contributed by atoms with Crippen molar-refractivity contribution in [3.8, 4) is 39.8 Å². The lowest BCUT2D eigenvalue weighted by molar-refractivity contribution is -0.793. The average molecular weight is 373 g/mol. The van der Waals surface area contributed by atoms with Gasteiger partial charge in [-0.2, -0.15) is 0 Å². The lowest BCUT2D eigenvalue weighted by Crippen LogP contribution is -2.25. The van der Waals surface area contributed by atoms with Crippen molar-refractivity contribution in [1.29, 1.82) is 0 Å². The van der Waals surface area contributed by atoms with Crippen molar-refractivity contribution in [3.63, 3.8) is 0 Å². The molecule has 10 nitrogen and oxygen atoms in total. The normalized spacial score (nSPS) is 10.5. The number of non-ortho nitro benzene ring substituents is 1. The van der Waals surface area contributed by atoms with Crippen molar-refractivity contribution < 1.29 is 28.7 Å². The molecule has 3 rings (SSSR count). The van der Waals surface area contributed by atoms with Gasteiger partial charge in [-0.25, -0.2) is 0 Å². The number of nitro benzene ring substituents is 1. The van der Waals surface area contributed by atoms with Crippen LogP contribution in [0.5, 0.6) is 17.2 Å². The van der Waals surface area contributed by atoms with Gasteiger partial charge in [0.2, 0.25) is 11.4 Å². The zero-order valence-electron chi connectivity index (χ0n) is 14.7. The van der Waals surface area contributed by atoms with Gasteiger partial charge in [-0.1, -0.05) is 0 Å². The molecule has 10 heteroatoms. The minimum atomic E-state index is -0.525. The molecule has 0 saturated carbocycles. The Morgan fingerprint density at radius 3 is 2.07 bits per heavy atom. The molecule has 1 heterocycles. The van der Waals surface area contributed by atoms with Crippen molar-refractivity contribution >= 4 is 5.69 Å². The summed E-state index contributed by atoms with van der Waals surface area (Å²) in [6.45, 7) is 0. The average Bonchev–Trinajstić information content (AvgIpc) is 3.08. The van der Waals surface area contributed by atoms with E-state index in [-0.39, 0.29) is 22.0 Å². The van der Waals surface area contributed by atoms with Crippen LogP contribution in [0.4, 0.5) is 5.69 Å². The fourth-order valence-electron chi connectivity index (χ4n) is 2.64. The van der Waals surface area contributed by atoms with Gasteiger partial charge in [0.1, 0.15) is 0 Å². The molecule has 0 aliphatic heterocycles. The third kappa shape index (κ3) is 3.19. The minimum Gasteiger partial charge on any atom is -0.493 e. The first-order valence-corrected chi connectivity index (χ1v) is 7.65. The number of benzene rings is 2. The second kappa shape index (κ2) is 7.20. The number of nitrogens with zero attached hydrogens (tertiary/aromatic N) is 3. The predicted octanol–water partition coefficient (Wildman–Crippen LogP) is 2.58. The molecule has 0 unspecified atom stereocenters. The Kier molecular flexibility index (Phi) is 4.79. The van der Waals surface area contributed by atoms with Gasteiger partial charge in [0.05, 0.1) is 26.3 Å². The van der Waals surface area contributed by atoms with Gasteiger partial charge < -0.3 is 19.4 Å². The molecule has 0 atom stereocenters. The summed E-state index contributed by atoms with van der Waals surface area (Å²) in [5.74, 6) is 1.14. The molecular weight excluding hydrogens is 358 g/mol. The second-order valence-corrected chi connectivity index (χ2v) is 5.35. The number of rotatable bonds is 6. The summed E-state index contributed by atoms with van der Waals surface area (Å²) in [5.41, 5.74) is 1.11. The topological polar surface area (TPSA) is 124 Å². The van der Waals surface area contributed by atoms with Gasteiger partial charge in [-0.3, -0.25) is 14.7 Å². The summed E-state index contributed by atoms with van der Waals surface area (Å²) in [5, 5.41) is 26.8. The lowest BCUT2D eigenvalue weighted by Gasteiger charge is -2.12. The van der Waals surface area contributed by atoms with E-state index in [0.29, 0.717) is 28.4 Å². The van der Waals surface area contributed by atoms with Gasteiger partial charge in [-0.15, -0.1) is 0 Å². The number of hydrogen-bond acceptors (Lipinski definition) is 8. The van der Waals surface area contributed by atoms with Crippen LogP contribution in [0.2, 0.25) is 0 Å².